The van der Waals surface area contributed by atoms with Gasteiger partial charge in [0, 0.05) is 25.8 Å². The topological polar surface area (TPSA) is 58.1 Å². The van der Waals surface area contributed by atoms with Gasteiger partial charge in [0.05, 0.1) is 0 Å². The zero-order chi connectivity index (χ0) is 13.7. The number of nitrogens with one attached hydrogen (secondary N) is 1. The molecular weight excluding hydrogens is 240 g/mol. The van der Waals surface area contributed by atoms with Gasteiger partial charge in [0.2, 0.25) is 5.95 Å². The summed E-state index contributed by atoms with van der Waals surface area (Å²) in [7, 11) is 0. The molecule has 0 unspecified atom stereocenters. The summed E-state index contributed by atoms with van der Waals surface area (Å²) < 4.78 is 0. The molecule has 2 heterocycles. The number of nitrogens with zero attached hydrogens (tertiary/aromatic N) is 3. The number of rotatable bonds is 4. The van der Waals surface area contributed by atoms with Crippen LogP contribution in [0.1, 0.15) is 43.6 Å². The summed E-state index contributed by atoms with van der Waals surface area (Å²) in [5.74, 6) is 1.08. The molecule has 1 aliphatic rings. The third-order valence-electron chi connectivity index (χ3n) is 3.19. The molecule has 0 atom stereocenters. The van der Waals surface area contributed by atoms with E-state index in [0.717, 1.165) is 32.5 Å². The monoisotopic (exact) mass is 262 g/mol. The Bertz CT molecular complexity index is 427. The molecule has 1 N–H and O–H groups in total. The van der Waals surface area contributed by atoms with E-state index in [1.807, 2.05) is 4.90 Å². The lowest BCUT2D eigenvalue weighted by atomic mass is 10.1. The molecule has 1 aromatic heterocycles. The molecule has 5 nitrogen and oxygen atoms in total. The van der Waals surface area contributed by atoms with Crippen molar-refractivity contribution in [2.45, 2.75) is 33.1 Å². The molecule has 5 heteroatoms. The Morgan fingerprint density at radius 3 is 2.79 bits per heavy atom. The van der Waals surface area contributed by atoms with Gasteiger partial charge in [-0.2, -0.15) is 0 Å². The Kier molecular flexibility index (Phi) is 4.71. The summed E-state index contributed by atoms with van der Waals surface area (Å²) >= 11 is 0. The molecule has 19 heavy (non-hydrogen) atoms. The van der Waals surface area contributed by atoms with Gasteiger partial charge in [0.1, 0.15) is 5.69 Å². The van der Waals surface area contributed by atoms with Gasteiger partial charge < -0.3 is 10.2 Å². The highest BCUT2D eigenvalue weighted by Crippen LogP contribution is 2.12. The van der Waals surface area contributed by atoms with Crippen LogP contribution >= 0.6 is 0 Å². The first-order chi connectivity index (χ1) is 9.16. The minimum atomic E-state index is 0.0229. The summed E-state index contributed by atoms with van der Waals surface area (Å²) in [6.07, 6.45) is 5.05. The van der Waals surface area contributed by atoms with Gasteiger partial charge >= 0.3 is 0 Å². The average molecular weight is 262 g/mol. The molecule has 1 saturated heterocycles. The van der Waals surface area contributed by atoms with Gasteiger partial charge in [-0.1, -0.05) is 13.8 Å². The van der Waals surface area contributed by atoms with E-state index in [1.165, 1.54) is 6.42 Å². The van der Waals surface area contributed by atoms with Crippen molar-refractivity contribution in [2.75, 3.05) is 25.0 Å². The Hall–Kier alpha value is -1.65. The summed E-state index contributed by atoms with van der Waals surface area (Å²) in [6.45, 7) is 6.74. The molecule has 1 fully saturated rings. The lowest BCUT2D eigenvalue weighted by Crippen LogP contribution is -2.36. The Balaban J connectivity index is 2.02. The standard InChI is InChI=1S/C14H22N4O/c1-11(2)10-16-14-15-7-6-12(17-14)13(19)18-8-4-3-5-9-18/h6-7,11H,3-5,8-10H2,1-2H3,(H,15,16,17). The first-order valence-electron chi connectivity index (χ1n) is 7.03. The van der Waals surface area contributed by atoms with Crippen LogP contribution < -0.4 is 5.32 Å². The third-order valence-corrected chi connectivity index (χ3v) is 3.19. The number of likely N-dealkylation sites (tertiary alicyclic amines) is 1. The van der Waals surface area contributed by atoms with Crippen LogP contribution in [0.15, 0.2) is 12.3 Å². The zero-order valence-electron chi connectivity index (χ0n) is 11.7. The molecule has 0 spiro atoms. The number of aromatic nitrogens is 2. The molecular formula is C14H22N4O. The summed E-state index contributed by atoms with van der Waals surface area (Å²) in [4.78, 5) is 22.6. The molecule has 0 radical (unpaired) electrons. The van der Waals surface area contributed by atoms with Crippen LogP contribution in [-0.2, 0) is 0 Å². The highest BCUT2D eigenvalue weighted by atomic mass is 16.2. The smallest absolute Gasteiger partial charge is 0.272 e. The predicted octanol–water partition coefficient (Wildman–Crippen LogP) is 2.17. The zero-order valence-corrected chi connectivity index (χ0v) is 11.7. The van der Waals surface area contributed by atoms with Crippen molar-refractivity contribution in [3.05, 3.63) is 18.0 Å². The minimum absolute atomic E-state index is 0.0229. The summed E-state index contributed by atoms with van der Waals surface area (Å²) in [6, 6.07) is 1.69. The first-order valence-corrected chi connectivity index (χ1v) is 7.03. The maximum atomic E-state index is 12.3. The van der Waals surface area contributed by atoms with Crippen molar-refractivity contribution in [3.8, 4) is 0 Å². The number of piperidine rings is 1. The van der Waals surface area contributed by atoms with E-state index in [-0.39, 0.29) is 5.91 Å². The summed E-state index contributed by atoms with van der Waals surface area (Å²) in [5.41, 5.74) is 0.489. The maximum Gasteiger partial charge on any atom is 0.272 e. The van der Waals surface area contributed by atoms with E-state index in [4.69, 9.17) is 0 Å². The number of carbonyl (C=O) groups is 1. The van der Waals surface area contributed by atoms with Crippen LogP contribution in [0.4, 0.5) is 5.95 Å². The molecule has 0 aliphatic carbocycles. The fourth-order valence-corrected chi connectivity index (χ4v) is 2.12. The largest absolute Gasteiger partial charge is 0.354 e. The van der Waals surface area contributed by atoms with Gasteiger partial charge in [0.15, 0.2) is 0 Å². The van der Waals surface area contributed by atoms with Crippen LogP contribution in [0, 0.1) is 5.92 Å². The van der Waals surface area contributed by atoms with E-state index in [0.29, 0.717) is 17.6 Å². The van der Waals surface area contributed by atoms with Crippen LogP contribution in [-0.4, -0.2) is 40.4 Å². The molecule has 0 saturated carbocycles. The van der Waals surface area contributed by atoms with Crippen LogP contribution in [0.25, 0.3) is 0 Å². The van der Waals surface area contributed by atoms with Crippen LogP contribution in [0.2, 0.25) is 0 Å². The van der Waals surface area contributed by atoms with Gasteiger partial charge in [-0.3, -0.25) is 4.79 Å². The molecule has 1 aliphatic heterocycles. The Labute approximate surface area is 114 Å². The van der Waals surface area contributed by atoms with Gasteiger partial charge in [-0.05, 0) is 31.2 Å². The number of anilines is 1. The average Bonchev–Trinajstić information content (AvgIpc) is 2.45. The second-order valence-electron chi connectivity index (χ2n) is 5.39. The summed E-state index contributed by atoms with van der Waals surface area (Å²) in [5, 5.41) is 3.15. The second kappa shape index (κ2) is 6.50. The van der Waals surface area contributed by atoms with E-state index < -0.39 is 0 Å². The van der Waals surface area contributed by atoms with Gasteiger partial charge in [0.25, 0.3) is 5.91 Å². The number of hydrogen-bond donors (Lipinski definition) is 1. The van der Waals surface area contributed by atoms with Crippen molar-refractivity contribution in [1.82, 2.24) is 14.9 Å². The predicted molar refractivity (Wildman–Crippen MR) is 75.1 cm³/mol. The molecule has 104 valence electrons. The Morgan fingerprint density at radius 1 is 1.37 bits per heavy atom. The normalized spacial score (nSPS) is 15.6. The molecule has 2 rings (SSSR count). The van der Waals surface area contributed by atoms with Crippen LogP contribution in [0.5, 0.6) is 0 Å². The van der Waals surface area contributed by atoms with Crippen molar-refractivity contribution in [2.24, 2.45) is 5.92 Å². The minimum Gasteiger partial charge on any atom is -0.354 e. The third kappa shape index (κ3) is 3.91. The molecule has 1 aromatic rings. The van der Waals surface area contributed by atoms with Crippen molar-refractivity contribution < 1.29 is 4.79 Å². The molecule has 0 bridgehead atoms. The fraction of sp³-hybridized carbons (Fsp3) is 0.643. The molecule has 0 aromatic carbocycles. The van der Waals surface area contributed by atoms with Crippen molar-refractivity contribution >= 4 is 11.9 Å². The Morgan fingerprint density at radius 2 is 2.11 bits per heavy atom. The number of amides is 1. The second-order valence-corrected chi connectivity index (χ2v) is 5.39. The highest BCUT2D eigenvalue weighted by Gasteiger charge is 2.19. The van der Waals surface area contributed by atoms with E-state index in [9.17, 15) is 4.79 Å². The quantitative estimate of drug-likeness (QED) is 0.903. The SMILES string of the molecule is CC(C)CNc1nccc(C(=O)N2CCCCC2)n1. The first kappa shape index (κ1) is 13.8. The van der Waals surface area contributed by atoms with E-state index >= 15 is 0 Å². The lowest BCUT2D eigenvalue weighted by molar-refractivity contribution is 0.0718. The van der Waals surface area contributed by atoms with Gasteiger partial charge in [-0.15, -0.1) is 0 Å². The maximum absolute atomic E-state index is 12.3. The highest BCUT2D eigenvalue weighted by molar-refractivity contribution is 5.92. The lowest BCUT2D eigenvalue weighted by Gasteiger charge is -2.26. The number of hydrogen-bond acceptors (Lipinski definition) is 4. The number of carbonyl (C=O) groups excluding carboxylic acids is 1. The fourth-order valence-electron chi connectivity index (χ4n) is 2.12. The van der Waals surface area contributed by atoms with Gasteiger partial charge in [-0.25, -0.2) is 9.97 Å². The van der Waals surface area contributed by atoms with Crippen molar-refractivity contribution in [1.29, 1.82) is 0 Å². The van der Waals surface area contributed by atoms with Crippen molar-refractivity contribution in [3.63, 3.8) is 0 Å². The molecule has 1 amide bonds. The van der Waals surface area contributed by atoms with E-state index in [2.05, 4.69) is 29.1 Å². The van der Waals surface area contributed by atoms with E-state index in [1.54, 1.807) is 12.3 Å². The van der Waals surface area contributed by atoms with Crippen LogP contribution in [0.3, 0.4) is 0 Å².